The van der Waals surface area contributed by atoms with E-state index in [-0.39, 0.29) is 11.9 Å². The second-order valence-electron chi connectivity index (χ2n) is 8.48. The van der Waals surface area contributed by atoms with Crippen LogP contribution in [0.15, 0.2) is 36.5 Å². The molecule has 29 heavy (non-hydrogen) atoms. The summed E-state index contributed by atoms with van der Waals surface area (Å²) in [6.45, 7) is 6.40. The zero-order chi connectivity index (χ0) is 20.0. The lowest BCUT2D eigenvalue weighted by Crippen LogP contribution is -2.17. The Kier molecular flexibility index (Phi) is 4.49. The van der Waals surface area contributed by atoms with Crippen molar-refractivity contribution < 1.29 is 4.79 Å². The number of anilines is 2. The molecule has 3 heterocycles. The molecule has 0 atom stereocenters. The lowest BCUT2D eigenvalue weighted by molar-refractivity contribution is 0.102. The Balaban J connectivity index is 1.44. The smallest absolute Gasteiger partial charge is 0.256 e. The Morgan fingerprint density at radius 2 is 1.86 bits per heavy atom. The van der Waals surface area contributed by atoms with Gasteiger partial charge in [-0.15, -0.1) is 0 Å². The molecule has 1 saturated carbocycles. The number of nitrogens with zero attached hydrogens (tertiary/aromatic N) is 4. The summed E-state index contributed by atoms with van der Waals surface area (Å²) in [5, 5.41) is 8.38. The second-order valence-corrected chi connectivity index (χ2v) is 8.48. The van der Waals surface area contributed by atoms with Crippen LogP contribution in [0.2, 0.25) is 0 Å². The highest BCUT2D eigenvalue weighted by molar-refractivity contribution is 6.12. The van der Waals surface area contributed by atoms with Crippen LogP contribution in [-0.4, -0.2) is 33.8 Å². The van der Waals surface area contributed by atoms with Crippen molar-refractivity contribution in [2.24, 2.45) is 0 Å². The number of carbonyl (C=O) groups excluding carboxylic acids is 1. The average molecular weight is 390 g/mol. The van der Waals surface area contributed by atoms with Gasteiger partial charge in [0.1, 0.15) is 0 Å². The Morgan fingerprint density at radius 3 is 2.52 bits per heavy atom. The molecule has 1 aromatic carbocycles. The van der Waals surface area contributed by atoms with Gasteiger partial charge in [0.25, 0.3) is 5.91 Å². The van der Waals surface area contributed by atoms with E-state index in [9.17, 15) is 4.79 Å². The van der Waals surface area contributed by atoms with Crippen LogP contribution in [0.3, 0.4) is 0 Å². The predicted molar refractivity (Wildman–Crippen MR) is 116 cm³/mol. The van der Waals surface area contributed by atoms with Crippen LogP contribution in [0.1, 0.15) is 67.5 Å². The Hall–Kier alpha value is -2.89. The largest absolute Gasteiger partial charge is 0.372 e. The second kappa shape index (κ2) is 7.17. The summed E-state index contributed by atoms with van der Waals surface area (Å²) in [4.78, 5) is 20.4. The molecule has 6 nitrogen and oxygen atoms in total. The van der Waals surface area contributed by atoms with Gasteiger partial charge in [0, 0.05) is 42.1 Å². The van der Waals surface area contributed by atoms with Gasteiger partial charge in [0.05, 0.1) is 17.1 Å². The number of hydrogen-bond acceptors (Lipinski definition) is 4. The van der Waals surface area contributed by atoms with E-state index < -0.39 is 0 Å². The third-order valence-corrected chi connectivity index (χ3v) is 5.91. The summed E-state index contributed by atoms with van der Waals surface area (Å²) >= 11 is 0. The molecule has 2 aliphatic rings. The molecule has 5 rings (SSSR count). The molecule has 2 aromatic heterocycles. The van der Waals surface area contributed by atoms with Gasteiger partial charge in [0.15, 0.2) is 5.65 Å². The Labute approximate surface area is 170 Å². The molecule has 0 unspecified atom stereocenters. The molecular weight excluding hydrogens is 362 g/mol. The molecule has 0 radical (unpaired) electrons. The quantitative estimate of drug-likeness (QED) is 0.684. The van der Waals surface area contributed by atoms with E-state index in [0.29, 0.717) is 11.5 Å². The lowest BCUT2D eigenvalue weighted by atomic mass is 10.1. The van der Waals surface area contributed by atoms with Crippen molar-refractivity contribution in [2.45, 2.75) is 51.5 Å². The third-order valence-electron chi connectivity index (χ3n) is 5.91. The highest BCUT2D eigenvalue weighted by atomic mass is 16.1. The Morgan fingerprint density at radius 1 is 1.14 bits per heavy atom. The Bertz CT molecular complexity index is 1040. The number of pyridine rings is 1. The van der Waals surface area contributed by atoms with Crippen LogP contribution in [0, 0.1) is 0 Å². The third kappa shape index (κ3) is 3.48. The van der Waals surface area contributed by atoms with E-state index in [1.54, 1.807) is 6.20 Å². The number of nitrogens with one attached hydrogen (secondary N) is 1. The molecule has 150 valence electrons. The minimum atomic E-state index is -0.100. The van der Waals surface area contributed by atoms with E-state index in [1.807, 2.05) is 22.9 Å². The minimum absolute atomic E-state index is 0.100. The summed E-state index contributed by atoms with van der Waals surface area (Å²) in [7, 11) is 0. The molecule has 1 N–H and O–H groups in total. The first-order valence-corrected chi connectivity index (χ1v) is 10.6. The van der Waals surface area contributed by atoms with E-state index >= 15 is 0 Å². The van der Waals surface area contributed by atoms with Gasteiger partial charge in [-0.05, 0) is 69.9 Å². The van der Waals surface area contributed by atoms with Gasteiger partial charge in [0.2, 0.25) is 0 Å². The molecule has 2 fully saturated rings. The van der Waals surface area contributed by atoms with Crippen LogP contribution >= 0.6 is 0 Å². The number of rotatable bonds is 5. The maximum atomic E-state index is 13.2. The molecule has 1 aliphatic carbocycles. The fourth-order valence-corrected chi connectivity index (χ4v) is 4.12. The van der Waals surface area contributed by atoms with E-state index in [2.05, 4.69) is 41.3 Å². The van der Waals surface area contributed by atoms with Crippen molar-refractivity contribution in [1.82, 2.24) is 14.8 Å². The maximum absolute atomic E-state index is 13.2. The first-order valence-electron chi connectivity index (χ1n) is 10.6. The van der Waals surface area contributed by atoms with Gasteiger partial charge >= 0.3 is 0 Å². The number of hydrogen-bond donors (Lipinski definition) is 1. The molecule has 1 saturated heterocycles. The van der Waals surface area contributed by atoms with Crippen molar-refractivity contribution >= 4 is 28.3 Å². The maximum Gasteiger partial charge on any atom is 0.256 e. The molecule has 1 amide bonds. The fraction of sp³-hybridized carbons (Fsp3) is 0.435. The molecule has 3 aromatic rings. The fourth-order valence-electron chi connectivity index (χ4n) is 4.12. The number of aromatic nitrogens is 3. The van der Waals surface area contributed by atoms with E-state index in [4.69, 9.17) is 4.98 Å². The highest BCUT2D eigenvalue weighted by Crippen LogP contribution is 2.40. The summed E-state index contributed by atoms with van der Waals surface area (Å²) in [6, 6.07) is 10.3. The summed E-state index contributed by atoms with van der Waals surface area (Å²) in [5.74, 6) is 0.373. The topological polar surface area (TPSA) is 63.1 Å². The van der Waals surface area contributed by atoms with Crippen LogP contribution in [0.4, 0.5) is 11.4 Å². The molecule has 0 bridgehead atoms. The zero-order valence-corrected chi connectivity index (χ0v) is 17.1. The van der Waals surface area contributed by atoms with Gasteiger partial charge < -0.3 is 10.2 Å². The minimum Gasteiger partial charge on any atom is -0.372 e. The van der Waals surface area contributed by atoms with Crippen molar-refractivity contribution in [3.8, 4) is 0 Å². The number of amides is 1. The SMILES string of the molecule is CC(C)n1ncc2c(C(=O)Nc3ccc(N4CCCC4)cc3)cc(C3CC3)nc21. The molecular formula is C23H27N5O. The lowest BCUT2D eigenvalue weighted by Gasteiger charge is -2.18. The van der Waals surface area contributed by atoms with Gasteiger partial charge in [-0.1, -0.05) is 0 Å². The molecule has 1 aliphatic heterocycles. The first kappa shape index (κ1) is 18.2. The monoisotopic (exact) mass is 389 g/mol. The summed E-state index contributed by atoms with van der Waals surface area (Å²) < 4.78 is 1.91. The predicted octanol–water partition coefficient (Wildman–Crippen LogP) is 4.74. The van der Waals surface area contributed by atoms with Crippen LogP contribution in [-0.2, 0) is 0 Å². The number of fused-ring (bicyclic) bond motifs is 1. The van der Waals surface area contributed by atoms with Crippen LogP contribution < -0.4 is 10.2 Å². The average Bonchev–Trinajstić information content (AvgIpc) is 3.25. The van der Waals surface area contributed by atoms with E-state index in [1.165, 1.54) is 18.5 Å². The summed E-state index contributed by atoms with van der Waals surface area (Å²) in [5.41, 5.74) is 4.51. The molecule has 0 spiro atoms. The summed E-state index contributed by atoms with van der Waals surface area (Å²) in [6.07, 6.45) is 6.57. The van der Waals surface area contributed by atoms with Crippen molar-refractivity contribution in [3.05, 3.63) is 47.8 Å². The van der Waals surface area contributed by atoms with Gasteiger partial charge in [-0.3, -0.25) is 4.79 Å². The van der Waals surface area contributed by atoms with E-state index in [0.717, 1.165) is 48.3 Å². The van der Waals surface area contributed by atoms with Crippen molar-refractivity contribution in [3.63, 3.8) is 0 Å². The normalized spacial score (nSPS) is 16.7. The van der Waals surface area contributed by atoms with Crippen molar-refractivity contribution in [2.75, 3.05) is 23.3 Å². The molecule has 6 heteroatoms. The van der Waals surface area contributed by atoms with Gasteiger partial charge in [-0.25, -0.2) is 9.67 Å². The highest BCUT2D eigenvalue weighted by Gasteiger charge is 2.28. The zero-order valence-electron chi connectivity index (χ0n) is 17.1. The number of benzene rings is 1. The van der Waals surface area contributed by atoms with Crippen molar-refractivity contribution in [1.29, 1.82) is 0 Å². The van der Waals surface area contributed by atoms with Crippen LogP contribution in [0.5, 0.6) is 0 Å². The number of carbonyl (C=O) groups is 1. The standard InChI is InChI=1S/C23H27N5O/c1-15(2)28-22-20(14-24-28)19(13-21(26-22)16-5-6-16)23(29)25-17-7-9-18(10-8-17)27-11-3-4-12-27/h7-10,13-16H,3-6,11-12H2,1-2H3,(H,25,29). The first-order chi connectivity index (χ1) is 14.1. The van der Waals surface area contributed by atoms with Crippen LogP contribution in [0.25, 0.3) is 11.0 Å². The van der Waals surface area contributed by atoms with Gasteiger partial charge in [-0.2, -0.15) is 5.10 Å².